The molecule has 2 rings (SSSR count). The van der Waals surface area contributed by atoms with E-state index in [-0.39, 0.29) is 11.4 Å². The van der Waals surface area contributed by atoms with Crippen LogP contribution in [0.2, 0.25) is 0 Å². The lowest BCUT2D eigenvalue weighted by Crippen LogP contribution is -2.56. The number of rotatable bonds is 7. The van der Waals surface area contributed by atoms with E-state index < -0.39 is 0 Å². The number of benzene rings is 1. The molecule has 0 radical (unpaired) electrons. The molecule has 0 saturated heterocycles. The van der Waals surface area contributed by atoms with E-state index in [4.69, 9.17) is 5.73 Å². The maximum Gasteiger partial charge on any atom is 0.126 e. The van der Waals surface area contributed by atoms with Gasteiger partial charge in [0.1, 0.15) is 5.82 Å². The molecule has 2 N–H and O–H groups in total. The topological polar surface area (TPSA) is 29.3 Å². The Morgan fingerprint density at radius 3 is 2.50 bits per heavy atom. The largest absolute Gasteiger partial charge is 0.329 e. The second-order valence-corrected chi connectivity index (χ2v) is 6.66. The fourth-order valence-electron chi connectivity index (χ4n) is 2.98. The zero-order valence-electron chi connectivity index (χ0n) is 12.9. The normalized spacial score (nSPS) is 18.6. The van der Waals surface area contributed by atoms with Gasteiger partial charge < -0.3 is 5.73 Å². The van der Waals surface area contributed by atoms with Gasteiger partial charge in [0.25, 0.3) is 0 Å². The second kappa shape index (κ2) is 6.23. The average molecular weight is 278 g/mol. The lowest BCUT2D eigenvalue weighted by atomic mass is 9.89. The van der Waals surface area contributed by atoms with Crippen molar-refractivity contribution in [2.24, 2.45) is 11.7 Å². The van der Waals surface area contributed by atoms with Crippen LogP contribution < -0.4 is 5.73 Å². The van der Waals surface area contributed by atoms with Gasteiger partial charge in [-0.3, -0.25) is 4.90 Å². The zero-order valence-corrected chi connectivity index (χ0v) is 12.9. The molecule has 0 heterocycles. The SMILES string of the molecule is CC(C)N(CC1CC1)C(C)(CN)Cc1ccccc1F. The summed E-state index contributed by atoms with van der Waals surface area (Å²) in [5.74, 6) is 0.686. The Morgan fingerprint density at radius 2 is 2.00 bits per heavy atom. The Labute approximate surface area is 122 Å². The first-order valence-corrected chi connectivity index (χ1v) is 7.66. The number of nitrogens with two attached hydrogens (primary N) is 1. The average Bonchev–Trinajstić information content (AvgIpc) is 3.22. The predicted octanol–water partition coefficient (Wildman–Crippen LogP) is 3.21. The van der Waals surface area contributed by atoms with E-state index in [1.807, 2.05) is 12.1 Å². The zero-order chi connectivity index (χ0) is 14.8. The Bertz CT molecular complexity index is 442. The summed E-state index contributed by atoms with van der Waals surface area (Å²) in [6.45, 7) is 8.21. The van der Waals surface area contributed by atoms with Crippen LogP contribution in [0.4, 0.5) is 4.39 Å². The molecule has 1 unspecified atom stereocenters. The Hall–Kier alpha value is -0.930. The van der Waals surface area contributed by atoms with E-state index >= 15 is 0 Å². The van der Waals surface area contributed by atoms with Gasteiger partial charge in [0.2, 0.25) is 0 Å². The van der Waals surface area contributed by atoms with Crippen LogP contribution in [0.3, 0.4) is 0 Å². The summed E-state index contributed by atoms with van der Waals surface area (Å²) in [6, 6.07) is 7.47. The smallest absolute Gasteiger partial charge is 0.126 e. The standard InChI is InChI=1S/C17H27FN2/c1-13(2)20(11-14-8-9-14)17(3,12-19)10-15-6-4-5-7-16(15)18/h4-7,13-14H,8-12,19H2,1-3H3. The fourth-order valence-corrected chi connectivity index (χ4v) is 2.98. The van der Waals surface area contributed by atoms with Gasteiger partial charge in [0.05, 0.1) is 0 Å². The van der Waals surface area contributed by atoms with Gasteiger partial charge in [-0.05, 0) is 57.6 Å². The molecule has 2 nitrogen and oxygen atoms in total. The van der Waals surface area contributed by atoms with Crippen LogP contribution in [0.15, 0.2) is 24.3 Å². The van der Waals surface area contributed by atoms with E-state index in [0.29, 0.717) is 19.0 Å². The summed E-state index contributed by atoms with van der Waals surface area (Å²) in [7, 11) is 0. The van der Waals surface area contributed by atoms with Crippen molar-refractivity contribution in [1.82, 2.24) is 4.90 Å². The summed E-state index contributed by atoms with van der Waals surface area (Å²) >= 11 is 0. The first kappa shape index (κ1) is 15.5. The second-order valence-electron chi connectivity index (χ2n) is 6.66. The van der Waals surface area contributed by atoms with Crippen LogP contribution in [0.5, 0.6) is 0 Å². The molecular weight excluding hydrogens is 251 g/mol. The third-order valence-corrected chi connectivity index (χ3v) is 4.44. The molecule has 0 aliphatic heterocycles. The van der Waals surface area contributed by atoms with E-state index in [2.05, 4.69) is 25.7 Å². The molecule has 0 spiro atoms. The van der Waals surface area contributed by atoms with Gasteiger partial charge in [0.15, 0.2) is 0 Å². The van der Waals surface area contributed by atoms with Gasteiger partial charge >= 0.3 is 0 Å². The summed E-state index contributed by atoms with van der Waals surface area (Å²) in [4.78, 5) is 2.47. The first-order valence-electron chi connectivity index (χ1n) is 7.66. The van der Waals surface area contributed by atoms with Crippen LogP contribution in [-0.4, -0.2) is 29.6 Å². The highest BCUT2D eigenvalue weighted by Gasteiger charge is 2.36. The molecule has 20 heavy (non-hydrogen) atoms. The summed E-state index contributed by atoms with van der Waals surface area (Å²) in [5, 5.41) is 0. The van der Waals surface area contributed by atoms with Gasteiger partial charge in [0, 0.05) is 24.7 Å². The van der Waals surface area contributed by atoms with Crippen molar-refractivity contribution in [2.75, 3.05) is 13.1 Å². The lowest BCUT2D eigenvalue weighted by Gasteiger charge is -2.44. The van der Waals surface area contributed by atoms with Gasteiger partial charge in [-0.2, -0.15) is 0 Å². The molecule has 0 aromatic heterocycles. The van der Waals surface area contributed by atoms with Crippen molar-refractivity contribution in [3.63, 3.8) is 0 Å². The maximum absolute atomic E-state index is 13.9. The number of halogens is 1. The lowest BCUT2D eigenvalue weighted by molar-refractivity contribution is 0.0696. The van der Waals surface area contributed by atoms with Crippen molar-refractivity contribution in [1.29, 1.82) is 0 Å². The summed E-state index contributed by atoms with van der Waals surface area (Å²) < 4.78 is 13.9. The quantitative estimate of drug-likeness (QED) is 0.830. The third kappa shape index (κ3) is 3.58. The Morgan fingerprint density at radius 1 is 1.35 bits per heavy atom. The van der Waals surface area contributed by atoms with Crippen molar-refractivity contribution >= 4 is 0 Å². The Kier molecular flexibility index (Phi) is 4.82. The minimum Gasteiger partial charge on any atom is -0.329 e. The molecule has 0 bridgehead atoms. The van der Waals surface area contributed by atoms with Crippen LogP contribution >= 0.6 is 0 Å². The van der Waals surface area contributed by atoms with E-state index in [1.165, 1.54) is 18.9 Å². The van der Waals surface area contributed by atoms with Crippen LogP contribution in [0, 0.1) is 11.7 Å². The van der Waals surface area contributed by atoms with Crippen LogP contribution in [-0.2, 0) is 6.42 Å². The van der Waals surface area contributed by atoms with E-state index in [1.54, 1.807) is 6.07 Å². The molecule has 0 amide bonds. The minimum atomic E-state index is -0.182. The number of hydrogen-bond donors (Lipinski definition) is 1. The first-order chi connectivity index (χ1) is 9.46. The number of nitrogens with zero attached hydrogens (tertiary/aromatic N) is 1. The molecule has 1 aliphatic carbocycles. The predicted molar refractivity (Wildman–Crippen MR) is 82.1 cm³/mol. The highest BCUT2D eigenvalue weighted by atomic mass is 19.1. The fraction of sp³-hybridized carbons (Fsp3) is 0.647. The highest BCUT2D eigenvalue weighted by molar-refractivity contribution is 5.20. The molecule has 1 aromatic carbocycles. The monoisotopic (exact) mass is 278 g/mol. The Balaban J connectivity index is 2.19. The summed E-state index contributed by atoms with van der Waals surface area (Å²) in [6.07, 6.45) is 3.31. The third-order valence-electron chi connectivity index (χ3n) is 4.44. The van der Waals surface area contributed by atoms with Gasteiger partial charge in [-0.25, -0.2) is 4.39 Å². The summed E-state index contributed by atoms with van der Waals surface area (Å²) in [5.41, 5.74) is 6.66. The van der Waals surface area contributed by atoms with E-state index in [0.717, 1.165) is 18.0 Å². The molecule has 112 valence electrons. The van der Waals surface area contributed by atoms with Crippen LogP contribution in [0.25, 0.3) is 0 Å². The van der Waals surface area contributed by atoms with E-state index in [9.17, 15) is 4.39 Å². The highest BCUT2D eigenvalue weighted by Crippen LogP contribution is 2.34. The van der Waals surface area contributed by atoms with Crippen molar-refractivity contribution < 1.29 is 4.39 Å². The molecule has 1 aromatic rings. The van der Waals surface area contributed by atoms with Crippen LogP contribution in [0.1, 0.15) is 39.2 Å². The number of hydrogen-bond acceptors (Lipinski definition) is 2. The minimum absolute atomic E-state index is 0.123. The molecular formula is C17H27FN2. The molecule has 1 atom stereocenters. The maximum atomic E-state index is 13.9. The molecule has 3 heteroatoms. The van der Waals surface area contributed by atoms with Gasteiger partial charge in [-0.1, -0.05) is 18.2 Å². The van der Waals surface area contributed by atoms with Crippen molar-refractivity contribution in [3.05, 3.63) is 35.6 Å². The van der Waals surface area contributed by atoms with Gasteiger partial charge in [-0.15, -0.1) is 0 Å². The molecule has 1 saturated carbocycles. The van der Waals surface area contributed by atoms with Crippen molar-refractivity contribution in [3.8, 4) is 0 Å². The molecule has 1 fully saturated rings. The van der Waals surface area contributed by atoms with Crippen molar-refractivity contribution in [2.45, 2.75) is 51.6 Å². The molecule has 1 aliphatic rings.